The van der Waals surface area contributed by atoms with Gasteiger partial charge in [0, 0.05) is 31.7 Å². The molecule has 4 heteroatoms. The monoisotopic (exact) mass is 240 g/mol. The van der Waals surface area contributed by atoms with Crippen molar-refractivity contribution >= 4 is 5.97 Å². The Balaban J connectivity index is 1.84. The first kappa shape index (κ1) is 12.8. The third-order valence-corrected chi connectivity index (χ3v) is 4.15. The molecular weight excluding hydrogens is 216 g/mol. The lowest BCUT2D eigenvalue weighted by Gasteiger charge is -2.47. The van der Waals surface area contributed by atoms with Crippen LogP contribution in [0.2, 0.25) is 0 Å². The fraction of sp³-hybridized carbons (Fsp3) is 0.923. The van der Waals surface area contributed by atoms with Crippen LogP contribution >= 0.6 is 0 Å². The van der Waals surface area contributed by atoms with Gasteiger partial charge in [-0.1, -0.05) is 6.42 Å². The molecule has 2 unspecified atom stereocenters. The highest BCUT2D eigenvalue weighted by Crippen LogP contribution is 2.23. The number of hydrogen-bond donors (Lipinski definition) is 0. The number of carbonyl (C=O) groups is 1. The molecule has 0 saturated carbocycles. The van der Waals surface area contributed by atoms with Gasteiger partial charge in [0.1, 0.15) is 0 Å². The molecule has 4 nitrogen and oxygen atoms in total. The first-order chi connectivity index (χ1) is 8.20. The molecule has 0 N–H and O–H groups in total. The van der Waals surface area contributed by atoms with E-state index in [1.807, 2.05) is 0 Å². The summed E-state index contributed by atoms with van der Waals surface area (Å²) in [4.78, 5) is 16.3. The van der Waals surface area contributed by atoms with Gasteiger partial charge in [0.25, 0.3) is 0 Å². The van der Waals surface area contributed by atoms with Crippen molar-refractivity contribution in [3.63, 3.8) is 0 Å². The van der Waals surface area contributed by atoms with Crippen LogP contribution in [0.15, 0.2) is 0 Å². The molecule has 2 aliphatic rings. The van der Waals surface area contributed by atoms with E-state index in [9.17, 15) is 4.79 Å². The smallest absolute Gasteiger partial charge is 0.306 e. The van der Waals surface area contributed by atoms with Crippen LogP contribution in [0, 0.1) is 0 Å². The number of piperidine rings is 1. The first-order valence-corrected chi connectivity index (χ1v) is 6.75. The van der Waals surface area contributed by atoms with Crippen LogP contribution in [0.25, 0.3) is 0 Å². The SMILES string of the molecule is COC(=O)CCN1CC2CCCCN2CC1C. The predicted octanol–water partition coefficient (Wildman–Crippen LogP) is 1.11. The van der Waals surface area contributed by atoms with Crippen molar-refractivity contribution in [2.75, 3.05) is 33.3 Å². The second-order valence-electron chi connectivity index (χ2n) is 5.31. The molecule has 0 aromatic rings. The number of hydrogen-bond acceptors (Lipinski definition) is 4. The van der Waals surface area contributed by atoms with Crippen LogP contribution < -0.4 is 0 Å². The summed E-state index contributed by atoms with van der Waals surface area (Å²) < 4.78 is 4.71. The Morgan fingerprint density at radius 1 is 1.35 bits per heavy atom. The molecule has 0 radical (unpaired) electrons. The van der Waals surface area contributed by atoms with Crippen molar-refractivity contribution in [1.82, 2.24) is 9.80 Å². The molecule has 2 aliphatic heterocycles. The van der Waals surface area contributed by atoms with Gasteiger partial charge in [-0.3, -0.25) is 14.6 Å². The van der Waals surface area contributed by atoms with Crippen molar-refractivity contribution in [2.24, 2.45) is 0 Å². The minimum absolute atomic E-state index is 0.0942. The van der Waals surface area contributed by atoms with Crippen LogP contribution in [-0.2, 0) is 9.53 Å². The van der Waals surface area contributed by atoms with Gasteiger partial charge >= 0.3 is 5.97 Å². The largest absolute Gasteiger partial charge is 0.469 e. The summed E-state index contributed by atoms with van der Waals surface area (Å²) >= 11 is 0. The molecule has 2 rings (SSSR count). The molecule has 2 heterocycles. The predicted molar refractivity (Wildman–Crippen MR) is 66.9 cm³/mol. The molecule has 0 bridgehead atoms. The Morgan fingerprint density at radius 2 is 2.18 bits per heavy atom. The van der Waals surface area contributed by atoms with E-state index >= 15 is 0 Å². The number of esters is 1. The maximum absolute atomic E-state index is 11.2. The lowest BCUT2D eigenvalue weighted by Crippen LogP contribution is -2.58. The molecule has 17 heavy (non-hydrogen) atoms. The highest BCUT2D eigenvalue weighted by Gasteiger charge is 2.32. The highest BCUT2D eigenvalue weighted by molar-refractivity contribution is 5.69. The molecule has 98 valence electrons. The van der Waals surface area contributed by atoms with Crippen molar-refractivity contribution < 1.29 is 9.53 Å². The van der Waals surface area contributed by atoms with E-state index in [0.29, 0.717) is 12.5 Å². The molecule has 0 amide bonds. The molecule has 0 aromatic heterocycles. The van der Waals surface area contributed by atoms with Crippen LogP contribution in [0.1, 0.15) is 32.6 Å². The summed E-state index contributed by atoms with van der Waals surface area (Å²) in [7, 11) is 1.46. The van der Waals surface area contributed by atoms with E-state index in [1.54, 1.807) is 0 Å². The molecule has 0 aromatic carbocycles. The van der Waals surface area contributed by atoms with Crippen molar-refractivity contribution in [2.45, 2.75) is 44.7 Å². The number of rotatable bonds is 3. The van der Waals surface area contributed by atoms with Crippen molar-refractivity contribution in [3.8, 4) is 0 Å². The van der Waals surface area contributed by atoms with E-state index in [1.165, 1.54) is 32.9 Å². The normalized spacial score (nSPS) is 30.9. The first-order valence-electron chi connectivity index (χ1n) is 6.75. The second-order valence-corrected chi connectivity index (χ2v) is 5.31. The molecule has 2 saturated heterocycles. The number of nitrogens with zero attached hydrogens (tertiary/aromatic N) is 2. The Hall–Kier alpha value is -0.610. The maximum atomic E-state index is 11.2. The van der Waals surface area contributed by atoms with Crippen molar-refractivity contribution in [3.05, 3.63) is 0 Å². The third-order valence-electron chi connectivity index (χ3n) is 4.15. The lowest BCUT2D eigenvalue weighted by molar-refractivity contribution is -0.141. The number of fused-ring (bicyclic) bond motifs is 1. The zero-order chi connectivity index (χ0) is 12.3. The number of carbonyl (C=O) groups excluding carboxylic acids is 1. The summed E-state index contributed by atoms with van der Waals surface area (Å²) in [6, 6.07) is 1.28. The fourth-order valence-corrected chi connectivity index (χ4v) is 3.06. The number of ether oxygens (including phenoxy) is 1. The zero-order valence-electron chi connectivity index (χ0n) is 11.0. The van der Waals surface area contributed by atoms with E-state index in [-0.39, 0.29) is 5.97 Å². The lowest BCUT2D eigenvalue weighted by atomic mass is 9.97. The van der Waals surface area contributed by atoms with Crippen LogP contribution in [0.5, 0.6) is 0 Å². The van der Waals surface area contributed by atoms with Gasteiger partial charge in [0.15, 0.2) is 0 Å². The van der Waals surface area contributed by atoms with E-state index < -0.39 is 0 Å². The molecule has 2 fully saturated rings. The molecule has 2 atom stereocenters. The van der Waals surface area contributed by atoms with Gasteiger partial charge in [-0.2, -0.15) is 0 Å². The van der Waals surface area contributed by atoms with Gasteiger partial charge < -0.3 is 4.74 Å². The Morgan fingerprint density at radius 3 is 2.94 bits per heavy atom. The standard InChI is InChI=1S/C13H24N2O2/c1-11-9-15-7-4-3-5-12(15)10-14(11)8-6-13(16)17-2/h11-12H,3-10H2,1-2H3. The summed E-state index contributed by atoms with van der Waals surface area (Å²) in [5, 5.41) is 0. The van der Waals surface area contributed by atoms with Gasteiger partial charge in [-0.25, -0.2) is 0 Å². The zero-order valence-corrected chi connectivity index (χ0v) is 11.0. The van der Waals surface area contributed by atoms with Gasteiger partial charge in [0.2, 0.25) is 0 Å². The Labute approximate surface area is 104 Å². The molecule has 0 aliphatic carbocycles. The Kier molecular flexibility index (Phi) is 4.40. The van der Waals surface area contributed by atoms with E-state index in [4.69, 9.17) is 4.74 Å². The molecule has 0 spiro atoms. The fourth-order valence-electron chi connectivity index (χ4n) is 3.06. The molecular formula is C13H24N2O2. The average molecular weight is 240 g/mol. The average Bonchev–Trinajstić information content (AvgIpc) is 2.35. The van der Waals surface area contributed by atoms with Gasteiger partial charge in [-0.15, -0.1) is 0 Å². The second kappa shape index (κ2) is 5.83. The quantitative estimate of drug-likeness (QED) is 0.692. The number of piperazine rings is 1. The topological polar surface area (TPSA) is 32.8 Å². The number of methoxy groups -OCH3 is 1. The van der Waals surface area contributed by atoms with Crippen molar-refractivity contribution in [1.29, 1.82) is 0 Å². The maximum Gasteiger partial charge on any atom is 0.306 e. The van der Waals surface area contributed by atoms with Crippen LogP contribution in [-0.4, -0.2) is 61.1 Å². The summed E-state index contributed by atoms with van der Waals surface area (Å²) in [5.41, 5.74) is 0. The third kappa shape index (κ3) is 3.19. The van der Waals surface area contributed by atoms with Gasteiger partial charge in [0.05, 0.1) is 13.5 Å². The Bertz CT molecular complexity index is 270. The van der Waals surface area contributed by atoms with Crippen LogP contribution in [0.3, 0.4) is 0 Å². The minimum atomic E-state index is -0.0942. The van der Waals surface area contributed by atoms with Crippen LogP contribution in [0.4, 0.5) is 0 Å². The summed E-state index contributed by atoms with van der Waals surface area (Å²) in [6.45, 7) is 6.66. The van der Waals surface area contributed by atoms with E-state index in [0.717, 1.165) is 25.7 Å². The van der Waals surface area contributed by atoms with E-state index in [2.05, 4.69) is 16.7 Å². The van der Waals surface area contributed by atoms with Gasteiger partial charge in [-0.05, 0) is 26.3 Å². The minimum Gasteiger partial charge on any atom is -0.469 e. The summed E-state index contributed by atoms with van der Waals surface area (Å²) in [5.74, 6) is -0.0942. The highest BCUT2D eigenvalue weighted by atomic mass is 16.5. The summed E-state index contributed by atoms with van der Waals surface area (Å²) in [6.07, 6.45) is 4.56.